The van der Waals surface area contributed by atoms with E-state index in [1.807, 2.05) is 68.1 Å². The van der Waals surface area contributed by atoms with Crippen molar-refractivity contribution in [3.63, 3.8) is 0 Å². The lowest BCUT2D eigenvalue weighted by Crippen LogP contribution is -2.48. The average Bonchev–Trinajstić information content (AvgIpc) is 3.67. The summed E-state index contributed by atoms with van der Waals surface area (Å²) >= 11 is 6.37. The molecule has 0 bridgehead atoms. The number of hydrogen-bond donors (Lipinski definition) is 2. The van der Waals surface area contributed by atoms with Crippen molar-refractivity contribution in [2.24, 2.45) is 0 Å². The second-order valence-corrected chi connectivity index (χ2v) is 11.9. The number of carbonyl (C=O) groups is 1. The van der Waals surface area contributed by atoms with Crippen LogP contribution >= 0.6 is 11.6 Å². The number of amides is 2. The Morgan fingerprint density at radius 3 is 2.71 bits per heavy atom. The summed E-state index contributed by atoms with van der Waals surface area (Å²) in [5.74, 6) is 0.871. The Kier molecular flexibility index (Phi) is 6.85. The predicted molar refractivity (Wildman–Crippen MR) is 159 cm³/mol. The molecule has 1 spiro atoms. The Morgan fingerprint density at radius 2 is 1.93 bits per heavy atom. The van der Waals surface area contributed by atoms with E-state index in [0.29, 0.717) is 29.7 Å². The lowest BCUT2D eigenvalue weighted by atomic mass is 9.82. The summed E-state index contributed by atoms with van der Waals surface area (Å²) in [5.41, 5.74) is 10.1. The summed E-state index contributed by atoms with van der Waals surface area (Å²) in [6, 6.07) is 15.8. The Morgan fingerprint density at radius 1 is 1.15 bits per heavy atom. The third-order valence-electron chi connectivity index (χ3n) is 8.38. The number of ether oxygens (including phenoxy) is 1. The van der Waals surface area contributed by atoms with Gasteiger partial charge in [0.25, 0.3) is 0 Å². The smallest absolute Gasteiger partial charge is 0.318 e. The molecule has 2 atom stereocenters. The summed E-state index contributed by atoms with van der Waals surface area (Å²) < 4.78 is 8.27. The van der Waals surface area contributed by atoms with Crippen molar-refractivity contribution in [1.29, 1.82) is 0 Å². The van der Waals surface area contributed by atoms with Crippen molar-refractivity contribution in [2.45, 2.75) is 57.2 Å². The van der Waals surface area contributed by atoms with Gasteiger partial charge < -0.3 is 20.7 Å². The number of rotatable bonds is 6. The normalized spacial score (nSPS) is 18.9. The number of aryl methyl sites for hydroxylation is 1. The Hall–Kier alpha value is -4.11. The van der Waals surface area contributed by atoms with E-state index in [0.717, 1.165) is 47.5 Å². The maximum absolute atomic E-state index is 13.4. The molecule has 212 valence electrons. The molecule has 2 aliphatic rings. The van der Waals surface area contributed by atoms with E-state index in [9.17, 15) is 4.79 Å². The van der Waals surface area contributed by atoms with Crippen LogP contribution in [0.15, 0.2) is 67.1 Å². The maximum Gasteiger partial charge on any atom is 0.318 e. The summed E-state index contributed by atoms with van der Waals surface area (Å²) in [6.07, 6.45) is 6.67. The minimum atomic E-state index is -0.641. The molecule has 5 heterocycles. The highest BCUT2D eigenvalue weighted by molar-refractivity contribution is 6.31. The topological polar surface area (TPSA) is 111 Å². The molecule has 0 radical (unpaired) electrons. The van der Waals surface area contributed by atoms with Crippen molar-refractivity contribution in [1.82, 2.24) is 30.0 Å². The molecule has 9 nitrogen and oxygen atoms in total. The first-order valence-electron chi connectivity index (χ1n) is 13.9. The van der Waals surface area contributed by atoms with Gasteiger partial charge in [-0.15, -0.1) is 0 Å². The Bertz CT molecular complexity index is 1590. The van der Waals surface area contributed by atoms with Gasteiger partial charge in [-0.05, 0) is 62.9 Å². The molecule has 1 fully saturated rings. The van der Waals surface area contributed by atoms with Gasteiger partial charge in [-0.1, -0.05) is 41.9 Å². The van der Waals surface area contributed by atoms with E-state index in [4.69, 9.17) is 27.2 Å². The van der Waals surface area contributed by atoms with Gasteiger partial charge in [0.2, 0.25) is 0 Å². The van der Waals surface area contributed by atoms with Gasteiger partial charge in [0.05, 0.1) is 16.3 Å². The van der Waals surface area contributed by atoms with Crippen molar-refractivity contribution in [3.05, 3.63) is 89.0 Å². The fraction of sp³-hybridized carbons (Fsp3) is 0.355. The molecule has 3 aromatic heterocycles. The highest BCUT2D eigenvalue weighted by atomic mass is 35.5. The maximum atomic E-state index is 13.4. The summed E-state index contributed by atoms with van der Waals surface area (Å²) in [6.45, 7) is 8.01. The quantitative estimate of drug-likeness (QED) is 0.307. The van der Waals surface area contributed by atoms with E-state index in [1.165, 1.54) is 0 Å². The van der Waals surface area contributed by atoms with Crippen molar-refractivity contribution in [2.75, 3.05) is 18.8 Å². The van der Waals surface area contributed by atoms with E-state index in [2.05, 4.69) is 26.0 Å². The lowest BCUT2D eigenvalue weighted by Gasteiger charge is -2.31. The van der Waals surface area contributed by atoms with Crippen LogP contribution in [0.25, 0.3) is 11.3 Å². The van der Waals surface area contributed by atoms with Crippen molar-refractivity contribution in [3.8, 4) is 17.0 Å². The Labute approximate surface area is 244 Å². The van der Waals surface area contributed by atoms with Gasteiger partial charge in [0.15, 0.2) is 11.6 Å². The summed E-state index contributed by atoms with van der Waals surface area (Å²) in [5, 5.41) is 8.61. The zero-order valence-corrected chi connectivity index (χ0v) is 24.2. The van der Waals surface area contributed by atoms with Crippen LogP contribution in [0.1, 0.15) is 56.5 Å². The van der Waals surface area contributed by atoms with E-state index >= 15 is 0 Å². The van der Waals surface area contributed by atoms with E-state index < -0.39 is 5.54 Å². The van der Waals surface area contributed by atoms with Crippen molar-refractivity contribution >= 4 is 23.4 Å². The number of likely N-dealkylation sites (tertiary alicyclic amines) is 1. The van der Waals surface area contributed by atoms with Crippen LogP contribution in [0.5, 0.6) is 5.75 Å². The predicted octanol–water partition coefficient (Wildman–Crippen LogP) is 5.71. The molecule has 41 heavy (non-hydrogen) atoms. The highest BCUT2D eigenvalue weighted by Crippen LogP contribution is 2.44. The van der Waals surface area contributed by atoms with Crippen LogP contribution in [0.3, 0.4) is 0 Å². The van der Waals surface area contributed by atoms with E-state index in [1.54, 1.807) is 18.6 Å². The third kappa shape index (κ3) is 5.10. The molecule has 2 aliphatic heterocycles. The molecule has 3 N–H and O–H groups in total. The standard InChI is InChI=1S/C31H34ClN7O2/c1-20(21-7-5-4-6-8-21)41-26-15-22(17-35-28(26)33)25-16-27-31(11-14-39(27)37-25)10-13-38(19-31)29(40)36-30(2,3)23-9-12-34-18-24(23)32/h4-9,12,15-18,20H,10-11,13-14,19H2,1-3H3,(H2,33,35)(H,36,40)/t20-,31?/m1/s1. The Balaban J connectivity index is 1.19. The number of aromatic nitrogens is 4. The second-order valence-electron chi connectivity index (χ2n) is 11.5. The zero-order chi connectivity index (χ0) is 28.8. The number of nitrogens with zero attached hydrogens (tertiary/aromatic N) is 5. The molecule has 6 rings (SSSR count). The second kappa shape index (κ2) is 10.4. The van der Waals surface area contributed by atoms with Gasteiger partial charge in [-0.3, -0.25) is 9.67 Å². The minimum Gasteiger partial charge on any atom is -0.482 e. The zero-order valence-electron chi connectivity index (χ0n) is 23.5. The number of fused-ring (bicyclic) bond motifs is 2. The molecule has 1 aromatic carbocycles. The third-order valence-corrected chi connectivity index (χ3v) is 8.68. The fourth-order valence-electron chi connectivity index (χ4n) is 6.03. The fourth-order valence-corrected chi connectivity index (χ4v) is 6.39. The molecule has 2 amide bonds. The van der Waals surface area contributed by atoms with Crippen LogP contribution in [0, 0.1) is 0 Å². The van der Waals surface area contributed by atoms with Crippen LogP contribution < -0.4 is 15.8 Å². The molecule has 4 aromatic rings. The van der Waals surface area contributed by atoms with Gasteiger partial charge in [-0.25, -0.2) is 9.78 Å². The number of carbonyl (C=O) groups excluding carboxylic acids is 1. The average molecular weight is 572 g/mol. The van der Waals surface area contributed by atoms with Gasteiger partial charge in [0, 0.05) is 54.9 Å². The largest absolute Gasteiger partial charge is 0.482 e. The first kappa shape index (κ1) is 27.1. The molecule has 10 heteroatoms. The SMILES string of the molecule is C[C@@H](Oc1cc(-c2cc3n(n2)CCC32CCN(C(=O)NC(C)(C)c3ccncc3Cl)C2)cnc1N)c1ccccc1. The van der Waals surface area contributed by atoms with Gasteiger partial charge in [0.1, 0.15) is 6.10 Å². The molecule has 0 aliphatic carbocycles. The number of nitrogens with two attached hydrogens (primary N) is 1. The van der Waals surface area contributed by atoms with Crippen LogP contribution in [-0.4, -0.2) is 43.8 Å². The minimum absolute atomic E-state index is 0.102. The number of benzene rings is 1. The molecule has 1 unspecified atom stereocenters. The summed E-state index contributed by atoms with van der Waals surface area (Å²) in [4.78, 5) is 23.8. The van der Waals surface area contributed by atoms with Crippen LogP contribution in [0.4, 0.5) is 10.6 Å². The van der Waals surface area contributed by atoms with Gasteiger partial charge in [-0.2, -0.15) is 5.10 Å². The number of urea groups is 1. The number of halogens is 1. The number of nitrogens with one attached hydrogen (secondary N) is 1. The van der Waals surface area contributed by atoms with Gasteiger partial charge >= 0.3 is 6.03 Å². The van der Waals surface area contributed by atoms with E-state index in [-0.39, 0.29) is 17.6 Å². The lowest BCUT2D eigenvalue weighted by molar-refractivity contribution is 0.194. The van der Waals surface area contributed by atoms with Crippen LogP contribution in [0.2, 0.25) is 5.02 Å². The van der Waals surface area contributed by atoms with Crippen LogP contribution in [-0.2, 0) is 17.5 Å². The monoisotopic (exact) mass is 571 g/mol. The first-order valence-corrected chi connectivity index (χ1v) is 14.3. The number of nitrogen functional groups attached to an aromatic ring is 1. The van der Waals surface area contributed by atoms with Crippen molar-refractivity contribution < 1.29 is 9.53 Å². The molecule has 0 saturated carbocycles. The molecule has 1 saturated heterocycles. The number of hydrogen-bond acceptors (Lipinski definition) is 6. The summed E-state index contributed by atoms with van der Waals surface area (Å²) in [7, 11) is 0. The number of pyridine rings is 2. The number of anilines is 1. The molecular formula is C31H34ClN7O2. The highest BCUT2D eigenvalue weighted by Gasteiger charge is 2.47. The first-order chi connectivity index (χ1) is 19.6. The molecular weight excluding hydrogens is 538 g/mol.